The molecule has 0 aromatic carbocycles. The summed E-state index contributed by atoms with van der Waals surface area (Å²) in [5, 5.41) is 4.25. The van der Waals surface area contributed by atoms with Gasteiger partial charge in [0.2, 0.25) is 0 Å². The van der Waals surface area contributed by atoms with E-state index in [9.17, 15) is 0 Å². The maximum absolute atomic E-state index is 5.82. The normalized spacial score (nSPS) is 24.3. The number of hydrogen-bond donors (Lipinski definition) is 1. The average Bonchev–Trinajstić information content (AvgIpc) is 2.81. The molecule has 2 rings (SSSR count). The van der Waals surface area contributed by atoms with Crippen LogP contribution in [0.5, 0.6) is 0 Å². The summed E-state index contributed by atoms with van der Waals surface area (Å²) in [4.78, 5) is 0. The summed E-state index contributed by atoms with van der Waals surface area (Å²) in [5.41, 5.74) is 7.02. The van der Waals surface area contributed by atoms with Crippen LogP contribution in [0.15, 0.2) is 12.4 Å². The Morgan fingerprint density at radius 1 is 1.39 bits per heavy atom. The first kappa shape index (κ1) is 13.6. The molecular weight excluding hydrogens is 226 g/mol. The van der Waals surface area contributed by atoms with E-state index in [0.717, 1.165) is 26.3 Å². The zero-order valence-electron chi connectivity index (χ0n) is 11.3. The Kier molecular flexibility index (Phi) is 5.20. The molecule has 1 saturated carbocycles. The Balaban J connectivity index is 1.65. The largest absolute Gasteiger partial charge is 0.379 e. The Bertz CT molecular complexity index is 351. The summed E-state index contributed by atoms with van der Waals surface area (Å²) >= 11 is 0. The number of nitrogens with two attached hydrogens (primary N) is 1. The molecule has 0 bridgehead atoms. The summed E-state index contributed by atoms with van der Waals surface area (Å²) in [6, 6.07) is 0. The van der Waals surface area contributed by atoms with Crippen molar-refractivity contribution in [3.8, 4) is 0 Å². The summed E-state index contributed by atoms with van der Waals surface area (Å²) < 4.78 is 7.74. The zero-order chi connectivity index (χ0) is 12.8. The van der Waals surface area contributed by atoms with Gasteiger partial charge in [-0.15, -0.1) is 0 Å². The third kappa shape index (κ3) is 3.82. The molecule has 1 fully saturated rings. The predicted molar refractivity (Wildman–Crippen MR) is 72.3 cm³/mol. The molecule has 18 heavy (non-hydrogen) atoms. The van der Waals surface area contributed by atoms with Gasteiger partial charge in [0.15, 0.2) is 0 Å². The summed E-state index contributed by atoms with van der Waals surface area (Å²) in [6.45, 7) is 5.31. The molecule has 4 heteroatoms. The molecule has 0 aliphatic heterocycles. The van der Waals surface area contributed by atoms with Crippen LogP contribution in [0.3, 0.4) is 0 Å². The lowest BCUT2D eigenvalue weighted by Gasteiger charge is -2.30. The summed E-state index contributed by atoms with van der Waals surface area (Å²) in [5.74, 6) is 1.34. The van der Waals surface area contributed by atoms with Gasteiger partial charge in [0.25, 0.3) is 0 Å². The monoisotopic (exact) mass is 251 g/mol. The maximum Gasteiger partial charge on any atom is 0.0662 e. The van der Waals surface area contributed by atoms with E-state index in [-0.39, 0.29) is 0 Å². The molecule has 0 amide bonds. The number of ether oxygens (including phenoxy) is 1. The Morgan fingerprint density at radius 2 is 2.17 bits per heavy atom. The fourth-order valence-corrected chi connectivity index (χ4v) is 2.80. The van der Waals surface area contributed by atoms with Crippen LogP contribution >= 0.6 is 0 Å². The highest BCUT2D eigenvalue weighted by Gasteiger charge is 2.23. The standard InChI is InChI=1S/C14H25N3O/c1-12-9-16-17(10-12)6-7-18-11-14-5-3-2-4-13(14)8-15/h9-10,13-14H,2-8,11,15H2,1H3. The van der Waals surface area contributed by atoms with Gasteiger partial charge in [0, 0.05) is 12.8 Å². The molecule has 102 valence electrons. The van der Waals surface area contributed by atoms with Gasteiger partial charge >= 0.3 is 0 Å². The SMILES string of the molecule is Cc1cnn(CCOCC2CCCCC2CN)c1. The summed E-state index contributed by atoms with van der Waals surface area (Å²) in [7, 11) is 0. The Morgan fingerprint density at radius 3 is 2.83 bits per heavy atom. The first-order valence-electron chi connectivity index (χ1n) is 7.06. The van der Waals surface area contributed by atoms with E-state index in [4.69, 9.17) is 10.5 Å². The molecule has 1 aromatic heterocycles. The van der Waals surface area contributed by atoms with Gasteiger partial charge in [-0.25, -0.2) is 0 Å². The first-order chi connectivity index (χ1) is 8.79. The van der Waals surface area contributed by atoms with E-state index >= 15 is 0 Å². The molecule has 0 saturated heterocycles. The highest BCUT2D eigenvalue weighted by Crippen LogP contribution is 2.29. The van der Waals surface area contributed by atoms with Crippen LogP contribution in [0.4, 0.5) is 0 Å². The van der Waals surface area contributed by atoms with Crippen LogP contribution in [0, 0.1) is 18.8 Å². The average molecular weight is 251 g/mol. The molecule has 0 spiro atoms. The smallest absolute Gasteiger partial charge is 0.0662 e. The molecule has 1 aliphatic rings. The van der Waals surface area contributed by atoms with E-state index < -0.39 is 0 Å². The van der Waals surface area contributed by atoms with Gasteiger partial charge in [-0.1, -0.05) is 12.8 Å². The second-order valence-corrected chi connectivity index (χ2v) is 5.40. The molecule has 4 nitrogen and oxygen atoms in total. The lowest BCUT2D eigenvalue weighted by Crippen LogP contribution is -2.30. The first-order valence-corrected chi connectivity index (χ1v) is 7.06. The summed E-state index contributed by atoms with van der Waals surface area (Å²) in [6.07, 6.45) is 9.16. The van der Waals surface area contributed by atoms with Crippen LogP contribution in [-0.4, -0.2) is 29.5 Å². The number of aryl methyl sites for hydroxylation is 1. The molecule has 2 N–H and O–H groups in total. The number of aromatic nitrogens is 2. The van der Waals surface area contributed by atoms with Gasteiger partial charge in [-0.3, -0.25) is 4.68 Å². The molecular formula is C14H25N3O. The van der Waals surface area contributed by atoms with Crippen molar-refractivity contribution in [1.82, 2.24) is 9.78 Å². The lowest BCUT2D eigenvalue weighted by atomic mass is 9.80. The Labute approximate surface area is 110 Å². The van der Waals surface area contributed by atoms with E-state index in [0.29, 0.717) is 11.8 Å². The molecule has 1 heterocycles. The lowest BCUT2D eigenvalue weighted by molar-refractivity contribution is 0.0556. The second kappa shape index (κ2) is 6.90. The fourth-order valence-electron chi connectivity index (χ4n) is 2.80. The van der Waals surface area contributed by atoms with Crippen molar-refractivity contribution >= 4 is 0 Å². The molecule has 0 radical (unpaired) electrons. The van der Waals surface area contributed by atoms with Gasteiger partial charge in [0.05, 0.1) is 19.3 Å². The van der Waals surface area contributed by atoms with E-state index in [1.54, 1.807) is 0 Å². The highest BCUT2D eigenvalue weighted by atomic mass is 16.5. The van der Waals surface area contributed by atoms with Crippen LogP contribution in [-0.2, 0) is 11.3 Å². The van der Waals surface area contributed by atoms with Gasteiger partial charge in [-0.05, 0) is 43.7 Å². The third-order valence-corrected chi connectivity index (χ3v) is 3.93. The van der Waals surface area contributed by atoms with Crippen molar-refractivity contribution in [1.29, 1.82) is 0 Å². The van der Waals surface area contributed by atoms with Crippen LogP contribution in [0.25, 0.3) is 0 Å². The topological polar surface area (TPSA) is 53.1 Å². The van der Waals surface area contributed by atoms with Crippen molar-refractivity contribution in [3.05, 3.63) is 18.0 Å². The molecule has 1 aliphatic carbocycles. The number of rotatable bonds is 6. The maximum atomic E-state index is 5.82. The highest BCUT2D eigenvalue weighted by molar-refractivity contribution is 4.99. The predicted octanol–water partition coefficient (Wildman–Crippen LogP) is 1.97. The zero-order valence-corrected chi connectivity index (χ0v) is 11.3. The fraction of sp³-hybridized carbons (Fsp3) is 0.786. The van der Waals surface area contributed by atoms with Crippen molar-refractivity contribution in [2.45, 2.75) is 39.2 Å². The minimum absolute atomic E-state index is 0.670. The van der Waals surface area contributed by atoms with Crippen LogP contribution in [0.1, 0.15) is 31.2 Å². The Hall–Kier alpha value is -0.870. The molecule has 1 aromatic rings. The van der Waals surface area contributed by atoms with E-state index in [2.05, 4.69) is 12.0 Å². The van der Waals surface area contributed by atoms with Crippen molar-refractivity contribution in [3.63, 3.8) is 0 Å². The van der Waals surface area contributed by atoms with E-state index in [1.165, 1.54) is 31.2 Å². The van der Waals surface area contributed by atoms with Crippen LogP contribution < -0.4 is 5.73 Å². The van der Waals surface area contributed by atoms with Gasteiger partial charge < -0.3 is 10.5 Å². The van der Waals surface area contributed by atoms with Crippen molar-refractivity contribution < 1.29 is 4.74 Å². The van der Waals surface area contributed by atoms with Crippen LogP contribution in [0.2, 0.25) is 0 Å². The number of nitrogens with zero attached hydrogens (tertiary/aromatic N) is 2. The molecule has 2 unspecified atom stereocenters. The van der Waals surface area contributed by atoms with Crippen molar-refractivity contribution in [2.75, 3.05) is 19.8 Å². The van der Waals surface area contributed by atoms with Gasteiger partial charge in [-0.2, -0.15) is 5.10 Å². The minimum atomic E-state index is 0.670. The molecule has 2 atom stereocenters. The van der Waals surface area contributed by atoms with Crippen molar-refractivity contribution in [2.24, 2.45) is 17.6 Å². The number of hydrogen-bond acceptors (Lipinski definition) is 3. The van der Waals surface area contributed by atoms with Gasteiger partial charge in [0.1, 0.15) is 0 Å². The third-order valence-electron chi connectivity index (χ3n) is 3.93. The second-order valence-electron chi connectivity index (χ2n) is 5.40. The quantitative estimate of drug-likeness (QED) is 0.786. The minimum Gasteiger partial charge on any atom is -0.379 e. The van der Waals surface area contributed by atoms with E-state index in [1.807, 2.05) is 17.1 Å².